The highest BCUT2D eigenvalue weighted by Gasteiger charge is 2.22. The summed E-state index contributed by atoms with van der Waals surface area (Å²) in [5, 5.41) is 8.71. The van der Waals surface area contributed by atoms with Crippen LogP contribution in [0.15, 0.2) is 16.3 Å². The van der Waals surface area contributed by atoms with Gasteiger partial charge in [-0.05, 0) is 19.1 Å². The smallest absolute Gasteiger partial charge is 0.345 e. The predicted molar refractivity (Wildman–Crippen MR) is 70.8 cm³/mol. The number of hydrogen-bond donors (Lipinski definition) is 2. The molecule has 1 aromatic heterocycles. The normalized spacial score (nSPS) is 14.2. The highest BCUT2D eigenvalue weighted by Crippen LogP contribution is 2.21. The van der Waals surface area contributed by atoms with Gasteiger partial charge in [0.2, 0.25) is 10.0 Å². The second kappa shape index (κ2) is 5.57. The number of carbonyl (C=O) groups is 1. The summed E-state index contributed by atoms with van der Waals surface area (Å²) in [7, 11) is -7.21. The summed E-state index contributed by atoms with van der Waals surface area (Å²) < 4.78 is 47.9. The van der Waals surface area contributed by atoms with E-state index < -0.39 is 31.9 Å². The Morgan fingerprint density at radius 3 is 2.37 bits per heavy atom. The van der Waals surface area contributed by atoms with Gasteiger partial charge >= 0.3 is 5.97 Å². The Balaban J connectivity index is 2.89. The van der Waals surface area contributed by atoms with Crippen molar-refractivity contribution in [3.63, 3.8) is 0 Å². The maximum atomic E-state index is 11.9. The van der Waals surface area contributed by atoms with Crippen LogP contribution in [0.25, 0.3) is 0 Å². The molecule has 2 N–H and O–H groups in total. The van der Waals surface area contributed by atoms with Crippen LogP contribution in [0.5, 0.6) is 0 Å². The average Bonchev–Trinajstić information content (AvgIpc) is 2.61. The first kappa shape index (κ1) is 16.1. The third-order valence-corrected chi connectivity index (χ3v) is 6.23. The molecule has 0 aliphatic rings. The second-order valence-electron chi connectivity index (χ2n) is 4.04. The lowest BCUT2D eigenvalue weighted by molar-refractivity contribution is 0.0702. The van der Waals surface area contributed by atoms with Gasteiger partial charge < -0.3 is 5.11 Å². The van der Waals surface area contributed by atoms with Crippen LogP contribution in [0, 0.1) is 0 Å². The SMILES string of the molecule is CC(CS(C)(=O)=O)NS(=O)(=O)c1ccc(C(=O)O)s1. The molecule has 7 nitrogen and oxygen atoms in total. The molecule has 1 rings (SSSR count). The zero-order valence-electron chi connectivity index (χ0n) is 10.2. The number of aromatic carboxylic acids is 1. The molecule has 0 spiro atoms. The summed E-state index contributed by atoms with van der Waals surface area (Å²) in [6.45, 7) is 1.42. The number of sulfonamides is 1. The maximum Gasteiger partial charge on any atom is 0.345 e. The number of nitrogens with one attached hydrogen (secondary N) is 1. The summed E-state index contributed by atoms with van der Waals surface area (Å²) >= 11 is 0.608. The summed E-state index contributed by atoms with van der Waals surface area (Å²) in [6.07, 6.45) is 1.01. The Kier molecular flexibility index (Phi) is 4.72. The fourth-order valence-electron chi connectivity index (χ4n) is 1.39. The quantitative estimate of drug-likeness (QED) is 0.768. The molecule has 0 amide bonds. The first-order valence-electron chi connectivity index (χ1n) is 5.04. The molecule has 0 aliphatic heterocycles. The van der Waals surface area contributed by atoms with Crippen molar-refractivity contribution in [2.24, 2.45) is 0 Å². The topological polar surface area (TPSA) is 118 Å². The number of hydrogen-bond acceptors (Lipinski definition) is 6. The summed E-state index contributed by atoms with van der Waals surface area (Å²) in [5.74, 6) is -1.54. The molecule has 1 aromatic rings. The zero-order valence-corrected chi connectivity index (χ0v) is 12.6. The van der Waals surface area contributed by atoms with Crippen molar-refractivity contribution >= 4 is 37.2 Å². The molecule has 1 unspecified atom stereocenters. The van der Waals surface area contributed by atoms with E-state index in [9.17, 15) is 21.6 Å². The molecule has 0 radical (unpaired) electrons. The van der Waals surface area contributed by atoms with Gasteiger partial charge in [0, 0.05) is 12.3 Å². The molecule has 108 valence electrons. The standard InChI is InChI=1S/C9H13NO6S3/c1-6(5-18(2,13)14)10-19(15,16)8-4-3-7(17-8)9(11)12/h3-4,6,10H,5H2,1-2H3,(H,11,12). The minimum atomic E-state index is -3.90. The molecule has 0 saturated carbocycles. The number of thiophene rings is 1. The molecule has 0 aliphatic carbocycles. The third kappa shape index (κ3) is 4.90. The van der Waals surface area contributed by atoms with E-state index >= 15 is 0 Å². The predicted octanol–water partition coefficient (Wildman–Crippen LogP) is 0.158. The molecule has 19 heavy (non-hydrogen) atoms. The monoisotopic (exact) mass is 327 g/mol. The van der Waals surface area contributed by atoms with Crippen molar-refractivity contribution < 1.29 is 26.7 Å². The Labute approximate surface area is 115 Å². The summed E-state index contributed by atoms with van der Waals surface area (Å²) in [6, 6.07) is 1.56. The number of sulfone groups is 1. The van der Waals surface area contributed by atoms with Crippen LogP contribution >= 0.6 is 11.3 Å². The van der Waals surface area contributed by atoms with Gasteiger partial charge in [-0.15, -0.1) is 11.3 Å². The van der Waals surface area contributed by atoms with Crippen LogP contribution in [-0.2, 0) is 19.9 Å². The van der Waals surface area contributed by atoms with Crippen LogP contribution in [0.2, 0.25) is 0 Å². The lowest BCUT2D eigenvalue weighted by Gasteiger charge is -2.11. The fourth-order valence-corrected chi connectivity index (χ4v) is 4.89. The highest BCUT2D eigenvalue weighted by molar-refractivity contribution is 7.92. The van der Waals surface area contributed by atoms with Gasteiger partial charge in [-0.25, -0.2) is 26.4 Å². The largest absolute Gasteiger partial charge is 0.477 e. The van der Waals surface area contributed by atoms with E-state index in [1.54, 1.807) is 0 Å². The molecule has 0 bridgehead atoms. The molecular formula is C9H13NO6S3. The summed E-state index contributed by atoms with van der Waals surface area (Å²) in [5.41, 5.74) is 0. The minimum Gasteiger partial charge on any atom is -0.477 e. The molecular weight excluding hydrogens is 314 g/mol. The van der Waals surface area contributed by atoms with Crippen LogP contribution in [0.1, 0.15) is 16.6 Å². The van der Waals surface area contributed by atoms with Crippen molar-refractivity contribution in [1.29, 1.82) is 0 Å². The van der Waals surface area contributed by atoms with E-state index in [0.717, 1.165) is 6.26 Å². The van der Waals surface area contributed by atoms with E-state index in [-0.39, 0.29) is 14.8 Å². The number of carboxylic acid groups (broad SMARTS) is 1. The van der Waals surface area contributed by atoms with E-state index in [4.69, 9.17) is 5.11 Å². The van der Waals surface area contributed by atoms with Gasteiger partial charge in [0.1, 0.15) is 18.9 Å². The van der Waals surface area contributed by atoms with Gasteiger partial charge in [-0.1, -0.05) is 0 Å². The molecule has 1 atom stereocenters. The molecule has 0 fully saturated rings. The average molecular weight is 327 g/mol. The first-order valence-corrected chi connectivity index (χ1v) is 9.40. The van der Waals surface area contributed by atoms with Gasteiger partial charge in [-0.2, -0.15) is 0 Å². The van der Waals surface area contributed by atoms with E-state index in [2.05, 4.69) is 4.72 Å². The lowest BCUT2D eigenvalue weighted by Crippen LogP contribution is -2.36. The van der Waals surface area contributed by atoms with Gasteiger partial charge in [-0.3, -0.25) is 0 Å². The third-order valence-electron chi connectivity index (χ3n) is 1.97. The van der Waals surface area contributed by atoms with Crippen molar-refractivity contribution in [3.8, 4) is 0 Å². The zero-order chi connectivity index (χ0) is 14.8. The lowest BCUT2D eigenvalue weighted by atomic mass is 10.4. The molecule has 10 heteroatoms. The second-order valence-corrected chi connectivity index (χ2v) is 9.25. The Hall–Kier alpha value is -0.970. The van der Waals surface area contributed by atoms with Crippen molar-refractivity contribution in [2.75, 3.05) is 12.0 Å². The van der Waals surface area contributed by atoms with E-state index in [1.165, 1.54) is 19.1 Å². The van der Waals surface area contributed by atoms with Crippen molar-refractivity contribution in [1.82, 2.24) is 4.72 Å². The van der Waals surface area contributed by atoms with Gasteiger partial charge in [0.25, 0.3) is 0 Å². The molecule has 0 saturated heterocycles. The first-order chi connectivity index (χ1) is 8.51. The fraction of sp³-hybridized carbons (Fsp3) is 0.444. The Bertz CT molecular complexity index is 673. The van der Waals surface area contributed by atoms with Crippen LogP contribution < -0.4 is 4.72 Å². The molecule has 1 heterocycles. The number of rotatable bonds is 6. The Morgan fingerprint density at radius 2 is 1.95 bits per heavy atom. The van der Waals surface area contributed by atoms with Crippen molar-refractivity contribution in [3.05, 3.63) is 17.0 Å². The van der Waals surface area contributed by atoms with Crippen LogP contribution in [0.3, 0.4) is 0 Å². The van der Waals surface area contributed by atoms with Crippen LogP contribution in [0.4, 0.5) is 0 Å². The van der Waals surface area contributed by atoms with Gasteiger partial charge in [0.15, 0.2) is 0 Å². The highest BCUT2D eigenvalue weighted by atomic mass is 32.2. The van der Waals surface area contributed by atoms with E-state index in [0.29, 0.717) is 11.3 Å². The minimum absolute atomic E-state index is 0.101. The summed E-state index contributed by atoms with van der Waals surface area (Å²) in [4.78, 5) is 10.6. The Morgan fingerprint density at radius 1 is 1.37 bits per heavy atom. The van der Waals surface area contributed by atoms with Crippen LogP contribution in [-0.4, -0.2) is 46.0 Å². The molecule has 0 aromatic carbocycles. The van der Waals surface area contributed by atoms with Crippen molar-refractivity contribution in [2.45, 2.75) is 17.2 Å². The van der Waals surface area contributed by atoms with Gasteiger partial charge in [0.05, 0.1) is 5.75 Å². The maximum absolute atomic E-state index is 11.9. The van der Waals surface area contributed by atoms with E-state index in [1.807, 2.05) is 0 Å². The number of carboxylic acids is 1.